The van der Waals surface area contributed by atoms with Crippen molar-refractivity contribution in [2.75, 3.05) is 19.0 Å². The minimum atomic E-state index is 0.301. The van der Waals surface area contributed by atoms with Gasteiger partial charge in [-0.1, -0.05) is 0 Å². The molecule has 0 saturated carbocycles. The molecule has 0 atom stereocenters. The van der Waals surface area contributed by atoms with Gasteiger partial charge in [0.2, 0.25) is 5.95 Å². The zero-order chi connectivity index (χ0) is 11.4. The van der Waals surface area contributed by atoms with Crippen molar-refractivity contribution in [2.24, 2.45) is 0 Å². The summed E-state index contributed by atoms with van der Waals surface area (Å²) in [5.74, 6) is 1.08. The molecule has 84 valence electrons. The highest BCUT2D eigenvalue weighted by atomic mass is 16.5. The van der Waals surface area contributed by atoms with Gasteiger partial charge in [-0.3, -0.25) is 0 Å². The Morgan fingerprint density at radius 1 is 1.38 bits per heavy atom. The number of nitrogens with zero attached hydrogens (tertiary/aromatic N) is 3. The van der Waals surface area contributed by atoms with Crippen molar-refractivity contribution in [1.29, 1.82) is 0 Å². The van der Waals surface area contributed by atoms with Crippen LogP contribution in [-0.4, -0.2) is 33.6 Å². The number of rotatable bonds is 4. The summed E-state index contributed by atoms with van der Waals surface area (Å²) in [5, 5.41) is 3.03. The second-order valence-electron chi connectivity index (χ2n) is 3.08. The minimum Gasteiger partial charge on any atom is -0.467 e. The summed E-state index contributed by atoms with van der Waals surface area (Å²) in [4.78, 5) is 15.5. The summed E-state index contributed by atoms with van der Waals surface area (Å²) in [7, 11) is 1.53. The molecule has 2 aromatic rings. The lowest BCUT2D eigenvalue weighted by molar-refractivity contribution is 0.379. The lowest BCUT2D eigenvalue weighted by Gasteiger charge is -2.05. The van der Waals surface area contributed by atoms with Crippen LogP contribution in [0.1, 0.15) is 6.92 Å². The molecule has 2 heterocycles. The van der Waals surface area contributed by atoms with E-state index in [0.29, 0.717) is 17.8 Å². The Balaban J connectivity index is 2.41. The second-order valence-corrected chi connectivity index (χ2v) is 3.08. The quantitative estimate of drug-likeness (QED) is 0.810. The van der Waals surface area contributed by atoms with Crippen molar-refractivity contribution < 1.29 is 4.74 Å². The van der Waals surface area contributed by atoms with E-state index in [2.05, 4.69) is 25.3 Å². The van der Waals surface area contributed by atoms with Gasteiger partial charge in [-0.2, -0.15) is 15.0 Å². The van der Waals surface area contributed by atoms with Crippen LogP contribution in [0.2, 0.25) is 0 Å². The summed E-state index contributed by atoms with van der Waals surface area (Å²) in [6, 6.07) is 4.08. The topological polar surface area (TPSA) is 75.7 Å². The molecule has 0 aromatic carbocycles. The van der Waals surface area contributed by atoms with E-state index in [4.69, 9.17) is 4.74 Å². The molecule has 0 spiro atoms. The number of anilines is 1. The molecule has 6 heteroatoms. The van der Waals surface area contributed by atoms with Gasteiger partial charge in [0.05, 0.1) is 12.8 Å². The van der Waals surface area contributed by atoms with Crippen molar-refractivity contribution in [3.63, 3.8) is 0 Å². The molecule has 0 bridgehead atoms. The van der Waals surface area contributed by atoms with E-state index in [1.54, 1.807) is 0 Å². The molecule has 0 saturated heterocycles. The second kappa shape index (κ2) is 4.61. The zero-order valence-electron chi connectivity index (χ0n) is 9.19. The van der Waals surface area contributed by atoms with E-state index in [1.807, 2.05) is 25.3 Å². The van der Waals surface area contributed by atoms with E-state index < -0.39 is 0 Å². The number of nitrogens with one attached hydrogen (secondary N) is 2. The Morgan fingerprint density at radius 2 is 2.25 bits per heavy atom. The van der Waals surface area contributed by atoms with Crippen LogP contribution in [0.25, 0.3) is 11.5 Å². The normalized spacial score (nSPS) is 10.1. The monoisotopic (exact) mass is 219 g/mol. The number of hydrogen-bond donors (Lipinski definition) is 2. The van der Waals surface area contributed by atoms with Gasteiger partial charge in [-0.25, -0.2) is 0 Å². The van der Waals surface area contributed by atoms with Crippen LogP contribution in [0, 0.1) is 0 Å². The van der Waals surface area contributed by atoms with Crippen molar-refractivity contribution in [3.8, 4) is 17.5 Å². The third-order valence-corrected chi connectivity index (χ3v) is 1.97. The number of aromatic nitrogens is 4. The Labute approximate surface area is 93.1 Å². The Hall–Kier alpha value is -2.11. The van der Waals surface area contributed by atoms with Crippen LogP contribution in [0.3, 0.4) is 0 Å². The molecule has 0 fully saturated rings. The van der Waals surface area contributed by atoms with Gasteiger partial charge in [-0.05, 0) is 19.1 Å². The standard InChI is InChI=1S/C10H13N5O/c1-3-11-9-13-8(7-5-4-6-12-7)14-10(15-9)16-2/h4-6,12H,3H2,1-2H3,(H,11,13,14,15). The maximum Gasteiger partial charge on any atom is 0.321 e. The lowest BCUT2D eigenvalue weighted by atomic mass is 10.4. The van der Waals surface area contributed by atoms with Crippen LogP contribution < -0.4 is 10.1 Å². The summed E-state index contributed by atoms with van der Waals surface area (Å²) in [5.41, 5.74) is 0.833. The molecule has 0 unspecified atom stereocenters. The first kappa shape index (κ1) is 10.4. The van der Waals surface area contributed by atoms with Crippen molar-refractivity contribution >= 4 is 5.95 Å². The molecule has 2 N–H and O–H groups in total. The van der Waals surface area contributed by atoms with Crippen LogP contribution in [0.4, 0.5) is 5.95 Å². The summed E-state index contributed by atoms with van der Waals surface area (Å²) < 4.78 is 5.02. The van der Waals surface area contributed by atoms with Gasteiger partial charge in [0.15, 0.2) is 5.82 Å². The van der Waals surface area contributed by atoms with Crippen molar-refractivity contribution in [2.45, 2.75) is 6.92 Å². The fourth-order valence-electron chi connectivity index (χ4n) is 1.27. The molecule has 6 nitrogen and oxygen atoms in total. The molecule has 0 aliphatic carbocycles. The predicted molar refractivity (Wildman–Crippen MR) is 60.3 cm³/mol. The Morgan fingerprint density at radius 3 is 2.88 bits per heavy atom. The fraction of sp³-hybridized carbons (Fsp3) is 0.300. The maximum atomic E-state index is 5.02. The first-order valence-electron chi connectivity index (χ1n) is 5.01. The third-order valence-electron chi connectivity index (χ3n) is 1.97. The molecule has 2 aromatic heterocycles. The third kappa shape index (κ3) is 2.10. The Bertz CT molecular complexity index is 454. The number of ether oxygens (including phenoxy) is 1. The van der Waals surface area contributed by atoms with Crippen LogP contribution in [-0.2, 0) is 0 Å². The van der Waals surface area contributed by atoms with Crippen LogP contribution in [0.5, 0.6) is 6.01 Å². The van der Waals surface area contributed by atoms with Crippen LogP contribution in [0.15, 0.2) is 18.3 Å². The average molecular weight is 219 g/mol. The summed E-state index contributed by atoms with van der Waals surface area (Å²) in [6.45, 7) is 2.72. The number of aromatic amines is 1. The van der Waals surface area contributed by atoms with Gasteiger partial charge in [0.1, 0.15) is 0 Å². The highest BCUT2D eigenvalue weighted by Gasteiger charge is 2.08. The van der Waals surface area contributed by atoms with Gasteiger partial charge in [-0.15, -0.1) is 0 Å². The van der Waals surface area contributed by atoms with Crippen molar-refractivity contribution in [3.05, 3.63) is 18.3 Å². The minimum absolute atomic E-state index is 0.301. The first-order valence-corrected chi connectivity index (χ1v) is 5.01. The number of hydrogen-bond acceptors (Lipinski definition) is 5. The van der Waals surface area contributed by atoms with E-state index in [1.165, 1.54) is 7.11 Å². The largest absolute Gasteiger partial charge is 0.467 e. The number of methoxy groups -OCH3 is 1. The van der Waals surface area contributed by atoms with E-state index in [0.717, 1.165) is 12.2 Å². The highest BCUT2D eigenvalue weighted by molar-refractivity contribution is 5.51. The molecule has 0 aliphatic rings. The van der Waals surface area contributed by atoms with Gasteiger partial charge >= 0.3 is 6.01 Å². The van der Waals surface area contributed by atoms with Crippen molar-refractivity contribution in [1.82, 2.24) is 19.9 Å². The maximum absolute atomic E-state index is 5.02. The van der Waals surface area contributed by atoms with Gasteiger partial charge in [0.25, 0.3) is 0 Å². The molecular weight excluding hydrogens is 206 g/mol. The molecular formula is C10H13N5O. The smallest absolute Gasteiger partial charge is 0.321 e. The molecule has 0 aliphatic heterocycles. The Kier molecular flexibility index (Phi) is 3.00. The lowest BCUT2D eigenvalue weighted by Crippen LogP contribution is -2.06. The summed E-state index contributed by atoms with van der Waals surface area (Å²) in [6.07, 6.45) is 1.82. The van der Waals surface area contributed by atoms with Gasteiger partial charge < -0.3 is 15.0 Å². The van der Waals surface area contributed by atoms with E-state index in [9.17, 15) is 0 Å². The first-order chi connectivity index (χ1) is 7.83. The highest BCUT2D eigenvalue weighted by Crippen LogP contribution is 2.16. The molecule has 0 radical (unpaired) electrons. The fourth-order valence-corrected chi connectivity index (χ4v) is 1.27. The zero-order valence-corrected chi connectivity index (χ0v) is 9.19. The molecule has 2 rings (SSSR count). The van der Waals surface area contributed by atoms with Gasteiger partial charge in [0, 0.05) is 12.7 Å². The predicted octanol–water partition coefficient (Wildman–Crippen LogP) is 1.31. The van der Waals surface area contributed by atoms with Crippen LogP contribution >= 0.6 is 0 Å². The summed E-state index contributed by atoms with van der Waals surface area (Å²) >= 11 is 0. The number of H-pyrrole nitrogens is 1. The molecule has 0 amide bonds. The van der Waals surface area contributed by atoms with E-state index in [-0.39, 0.29) is 0 Å². The molecule has 16 heavy (non-hydrogen) atoms. The average Bonchev–Trinajstić information content (AvgIpc) is 2.82. The van der Waals surface area contributed by atoms with E-state index >= 15 is 0 Å². The SMILES string of the molecule is CCNc1nc(OC)nc(-c2ccc[nH]2)n1.